The number of hydrogen-bond donors (Lipinski definition) is 2. The van der Waals surface area contributed by atoms with E-state index in [4.69, 9.17) is 9.47 Å². The van der Waals surface area contributed by atoms with Gasteiger partial charge in [0.1, 0.15) is 5.82 Å². The number of likely N-dealkylation sites (tertiary alicyclic amines) is 1. The van der Waals surface area contributed by atoms with Crippen molar-refractivity contribution in [3.05, 3.63) is 88.3 Å². The molecule has 248 valence electrons. The summed E-state index contributed by atoms with van der Waals surface area (Å²) in [6, 6.07) is 13.4. The number of para-hydroxylation sites is 1. The Morgan fingerprint density at radius 1 is 1.17 bits per heavy atom. The van der Waals surface area contributed by atoms with E-state index >= 15 is 4.39 Å². The van der Waals surface area contributed by atoms with Gasteiger partial charge in [-0.2, -0.15) is 23.5 Å². The number of aromatic nitrogens is 4. The summed E-state index contributed by atoms with van der Waals surface area (Å²) in [5.74, 6) is -3.61. The van der Waals surface area contributed by atoms with Crippen molar-refractivity contribution in [3.63, 3.8) is 0 Å². The van der Waals surface area contributed by atoms with Crippen LogP contribution < -0.4 is 9.47 Å². The van der Waals surface area contributed by atoms with Gasteiger partial charge in [0.2, 0.25) is 5.82 Å². The number of aromatic carboxylic acids is 1. The zero-order valence-electron chi connectivity index (χ0n) is 25.8. The van der Waals surface area contributed by atoms with Crippen LogP contribution in [-0.4, -0.2) is 49.2 Å². The van der Waals surface area contributed by atoms with Gasteiger partial charge in [0.05, 0.1) is 28.3 Å². The number of aromatic amines is 1. The van der Waals surface area contributed by atoms with Crippen LogP contribution in [0.25, 0.3) is 11.4 Å². The number of pyridine rings is 1. The molecule has 2 aromatic heterocycles. The maximum atomic E-state index is 15.0. The number of hydrogen-bond acceptors (Lipinski definition) is 8. The van der Waals surface area contributed by atoms with Gasteiger partial charge in [0, 0.05) is 30.8 Å². The molecule has 48 heavy (non-hydrogen) atoms. The molecular formula is C34H30F4N6O4. The minimum Gasteiger partial charge on any atom is -0.478 e. The van der Waals surface area contributed by atoms with Gasteiger partial charge in [-0.25, -0.2) is 14.2 Å². The van der Waals surface area contributed by atoms with Crippen LogP contribution in [0.15, 0.2) is 48.7 Å². The third-order valence-corrected chi connectivity index (χ3v) is 9.41. The van der Waals surface area contributed by atoms with Crippen LogP contribution in [0.3, 0.4) is 0 Å². The van der Waals surface area contributed by atoms with Crippen LogP contribution in [-0.2, 0) is 24.9 Å². The summed E-state index contributed by atoms with van der Waals surface area (Å²) in [6.45, 7) is 3.55. The average molecular weight is 663 g/mol. The van der Waals surface area contributed by atoms with Crippen LogP contribution in [0, 0.1) is 22.6 Å². The molecule has 14 heteroatoms. The quantitative estimate of drug-likeness (QED) is 0.200. The Labute approximate surface area is 272 Å². The molecule has 3 aliphatic rings. The largest absolute Gasteiger partial charge is 0.478 e. The fraction of sp³-hybridized carbons (Fsp3) is 0.382. The predicted octanol–water partition coefficient (Wildman–Crippen LogP) is 6.59. The molecule has 1 atom stereocenters. The molecule has 4 aromatic rings. The number of nitrogens with one attached hydrogen (secondary N) is 1. The summed E-state index contributed by atoms with van der Waals surface area (Å²) in [5.41, 5.74) is 2.26. The molecule has 0 spiro atoms. The maximum absolute atomic E-state index is 15.0. The van der Waals surface area contributed by atoms with Crippen LogP contribution in [0.5, 0.6) is 11.5 Å². The number of H-pyrrole nitrogens is 1. The van der Waals surface area contributed by atoms with Gasteiger partial charge in [-0.3, -0.25) is 15.0 Å². The molecule has 2 aromatic carbocycles. The van der Waals surface area contributed by atoms with Crippen molar-refractivity contribution in [1.82, 2.24) is 25.1 Å². The normalized spacial score (nSPS) is 20.4. The number of carbonyl (C=O) groups is 1. The smallest absolute Gasteiger partial charge is 0.451 e. The van der Waals surface area contributed by atoms with E-state index < -0.39 is 35.0 Å². The number of ether oxygens (including phenoxy) is 2. The van der Waals surface area contributed by atoms with E-state index in [0.717, 1.165) is 61.7 Å². The van der Waals surface area contributed by atoms with Crippen LogP contribution in [0.2, 0.25) is 0 Å². The van der Waals surface area contributed by atoms with Gasteiger partial charge in [-0.15, -0.1) is 0 Å². The monoisotopic (exact) mass is 662 g/mol. The molecule has 2 N–H and O–H groups in total. The van der Waals surface area contributed by atoms with Gasteiger partial charge < -0.3 is 14.6 Å². The first-order valence-corrected chi connectivity index (χ1v) is 15.5. The highest BCUT2D eigenvalue weighted by molar-refractivity contribution is 5.87. The predicted molar refractivity (Wildman–Crippen MR) is 161 cm³/mol. The van der Waals surface area contributed by atoms with Crippen molar-refractivity contribution in [2.75, 3.05) is 13.1 Å². The second-order valence-electron chi connectivity index (χ2n) is 12.8. The van der Waals surface area contributed by atoms with E-state index in [1.165, 1.54) is 18.3 Å². The van der Waals surface area contributed by atoms with Crippen LogP contribution >= 0.6 is 0 Å². The molecule has 4 heterocycles. The molecule has 1 saturated carbocycles. The minimum atomic E-state index is -4.65. The van der Waals surface area contributed by atoms with Crippen LogP contribution in [0.1, 0.15) is 77.1 Å². The zero-order valence-corrected chi connectivity index (χ0v) is 25.8. The molecule has 7 rings (SSSR count). The van der Waals surface area contributed by atoms with Crippen molar-refractivity contribution in [2.24, 2.45) is 5.41 Å². The second kappa shape index (κ2) is 11.6. The van der Waals surface area contributed by atoms with E-state index in [1.54, 1.807) is 19.1 Å². The van der Waals surface area contributed by atoms with E-state index in [9.17, 15) is 28.3 Å². The first kappa shape index (κ1) is 31.6. The van der Waals surface area contributed by atoms with Gasteiger partial charge >= 0.3 is 12.1 Å². The fourth-order valence-electron chi connectivity index (χ4n) is 6.53. The summed E-state index contributed by atoms with van der Waals surface area (Å²) in [7, 11) is 0. The summed E-state index contributed by atoms with van der Waals surface area (Å²) >= 11 is 0. The standard InChI is InChI=1S/C34H30F4N6O4/c1-32(24-6-5-20(30(45)46)14-25(24)35)47-27-4-2-3-23(28(27)48-32)19-7-11-44(12-8-19)17-26-21(15-33(18-39)9-10-33)13-22(16-40-26)29-41-31(43-42-29)34(36,37)38/h2-6,13-14,16,19H,7-12,15,17H2,1H3,(H,45,46)(H,41,42,43). The fourth-order valence-corrected chi connectivity index (χ4v) is 6.53. The zero-order chi connectivity index (χ0) is 33.8. The van der Waals surface area contributed by atoms with E-state index in [2.05, 4.69) is 26.0 Å². The Morgan fingerprint density at radius 2 is 1.94 bits per heavy atom. The molecule has 2 aliphatic heterocycles. The van der Waals surface area contributed by atoms with Crippen molar-refractivity contribution in [1.29, 1.82) is 5.26 Å². The van der Waals surface area contributed by atoms with E-state index in [1.807, 2.05) is 17.2 Å². The van der Waals surface area contributed by atoms with Gasteiger partial charge in [-0.05, 0) is 87.0 Å². The number of carboxylic acids is 1. The number of rotatable bonds is 8. The van der Waals surface area contributed by atoms with Crippen molar-refractivity contribution < 1.29 is 36.9 Å². The second-order valence-corrected chi connectivity index (χ2v) is 12.8. The molecule has 2 fully saturated rings. The third kappa shape index (κ3) is 5.94. The first-order chi connectivity index (χ1) is 22.9. The van der Waals surface area contributed by atoms with Gasteiger partial charge in [-0.1, -0.05) is 12.1 Å². The number of nitriles is 1. The van der Waals surface area contributed by atoms with E-state index in [0.29, 0.717) is 30.0 Å². The highest BCUT2D eigenvalue weighted by Gasteiger charge is 2.45. The number of nitrogens with zero attached hydrogens (tertiary/aromatic N) is 5. The highest BCUT2D eigenvalue weighted by Crippen LogP contribution is 2.50. The molecule has 10 nitrogen and oxygen atoms in total. The first-order valence-electron chi connectivity index (χ1n) is 15.5. The Morgan fingerprint density at radius 3 is 2.58 bits per heavy atom. The maximum Gasteiger partial charge on any atom is 0.451 e. The summed E-state index contributed by atoms with van der Waals surface area (Å²) < 4.78 is 66.7. The lowest BCUT2D eigenvalue weighted by Crippen LogP contribution is -2.34. The molecule has 1 aliphatic carbocycles. The molecule has 1 saturated heterocycles. The lowest BCUT2D eigenvalue weighted by atomic mass is 9.88. The Bertz CT molecular complexity index is 1940. The third-order valence-electron chi connectivity index (χ3n) is 9.41. The SMILES string of the molecule is CC1(c2ccc(C(=O)O)cc2F)Oc2cccc(C3CCN(Cc4ncc(-c5n[nH]c(C(F)(F)F)n5)cc4CC4(C#N)CC4)CC3)c2O1. The van der Waals surface area contributed by atoms with Crippen molar-refractivity contribution in [3.8, 4) is 29.0 Å². The Hall–Kier alpha value is -5.03. The van der Waals surface area contributed by atoms with E-state index in [-0.39, 0.29) is 22.9 Å². The molecule has 0 bridgehead atoms. The summed E-state index contributed by atoms with van der Waals surface area (Å²) in [5, 5.41) is 24.7. The van der Waals surface area contributed by atoms with Gasteiger partial charge in [0.15, 0.2) is 17.3 Å². The average Bonchev–Trinajstić information content (AvgIpc) is 3.46. The summed E-state index contributed by atoms with van der Waals surface area (Å²) in [4.78, 5) is 21.8. The van der Waals surface area contributed by atoms with Gasteiger partial charge in [0.25, 0.3) is 5.79 Å². The minimum absolute atomic E-state index is 0.0898. The molecule has 0 radical (unpaired) electrons. The summed E-state index contributed by atoms with van der Waals surface area (Å²) in [6.07, 6.45) is 0.335. The van der Waals surface area contributed by atoms with Crippen LogP contribution in [0.4, 0.5) is 17.6 Å². The number of alkyl halides is 3. The number of carboxylic acid groups (broad SMARTS) is 1. The lowest BCUT2D eigenvalue weighted by molar-refractivity contribution is -0.144. The highest BCUT2D eigenvalue weighted by atomic mass is 19.4. The molecular weight excluding hydrogens is 632 g/mol. The Kier molecular flexibility index (Phi) is 7.62. The van der Waals surface area contributed by atoms with Crippen molar-refractivity contribution in [2.45, 2.75) is 63.5 Å². The number of benzene rings is 2. The molecule has 1 unspecified atom stereocenters. The number of halogens is 4. The van der Waals surface area contributed by atoms with Crippen molar-refractivity contribution >= 4 is 5.97 Å². The Balaban J connectivity index is 1.06. The number of fused-ring (bicyclic) bond motifs is 1. The molecule has 0 amide bonds. The topological polar surface area (TPSA) is 137 Å². The lowest BCUT2D eigenvalue weighted by Gasteiger charge is -2.33. The number of piperidine rings is 1.